The van der Waals surface area contributed by atoms with E-state index in [0.717, 1.165) is 6.42 Å². The molecule has 0 amide bonds. The van der Waals surface area contributed by atoms with E-state index < -0.39 is 0 Å². The molecule has 0 fully saturated rings. The molecule has 1 aromatic heterocycles. The average molecular weight is 267 g/mol. The van der Waals surface area contributed by atoms with Crippen LogP contribution in [0.15, 0.2) is 46.9 Å². The summed E-state index contributed by atoms with van der Waals surface area (Å²) in [6.45, 7) is 2.83. The molecular weight excluding hydrogens is 250 g/mol. The van der Waals surface area contributed by atoms with Crippen LogP contribution < -0.4 is 11.1 Å². The first-order valence-corrected chi connectivity index (χ1v) is 6.73. The van der Waals surface area contributed by atoms with Gasteiger partial charge in [-0.25, -0.2) is 0 Å². The van der Waals surface area contributed by atoms with E-state index in [0.29, 0.717) is 29.3 Å². The summed E-state index contributed by atoms with van der Waals surface area (Å²) in [7, 11) is 0. The van der Waals surface area contributed by atoms with Crippen LogP contribution in [-0.4, -0.2) is 4.98 Å². The van der Waals surface area contributed by atoms with Crippen molar-refractivity contribution in [3.8, 4) is 0 Å². The SMILES string of the molecule is CCc1ccc(CNc2nc3c(N)cccc3o2)cc1. The number of fused-ring (bicyclic) bond motifs is 1. The van der Waals surface area contributed by atoms with E-state index >= 15 is 0 Å². The highest BCUT2D eigenvalue weighted by atomic mass is 16.4. The van der Waals surface area contributed by atoms with Gasteiger partial charge in [-0.2, -0.15) is 4.98 Å². The van der Waals surface area contributed by atoms with Crippen molar-refractivity contribution in [3.63, 3.8) is 0 Å². The molecule has 0 unspecified atom stereocenters. The Labute approximate surface area is 117 Å². The predicted molar refractivity (Wildman–Crippen MR) is 81.6 cm³/mol. The van der Waals surface area contributed by atoms with Gasteiger partial charge in [0.2, 0.25) is 0 Å². The number of hydrogen-bond acceptors (Lipinski definition) is 4. The van der Waals surface area contributed by atoms with Gasteiger partial charge in [-0.3, -0.25) is 0 Å². The highest BCUT2D eigenvalue weighted by Gasteiger charge is 2.07. The van der Waals surface area contributed by atoms with Crippen molar-refractivity contribution in [2.45, 2.75) is 19.9 Å². The molecule has 3 N–H and O–H groups in total. The Hall–Kier alpha value is -2.49. The summed E-state index contributed by atoms with van der Waals surface area (Å²) < 4.78 is 5.61. The Morgan fingerprint density at radius 1 is 1.10 bits per heavy atom. The smallest absolute Gasteiger partial charge is 0.296 e. The Bertz CT molecular complexity index is 716. The third-order valence-electron chi connectivity index (χ3n) is 3.33. The molecule has 4 heteroatoms. The number of aryl methyl sites for hydroxylation is 1. The second-order valence-electron chi connectivity index (χ2n) is 4.74. The van der Waals surface area contributed by atoms with Crippen molar-refractivity contribution in [1.29, 1.82) is 0 Å². The zero-order chi connectivity index (χ0) is 13.9. The number of hydrogen-bond donors (Lipinski definition) is 2. The van der Waals surface area contributed by atoms with Gasteiger partial charge in [-0.1, -0.05) is 37.3 Å². The quantitative estimate of drug-likeness (QED) is 0.709. The molecule has 0 bridgehead atoms. The first-order chi connectivity index (χ1) is 9.76. The summed E-state index contributed by atoms with van der Waals surface area (Å²) in [6, 6.07) is 14.5. The third kappa shape index (κ3) is 2.45. The standard InChI is InChI=1S/C16H17N3O/c1-2-11-6-8-12(9-7-11)10-18-16-19-15-13(17)4-3-5-14(15)20-16/h3-9H,2,10,17H2,1H3,(H,18,19). The van der Waals surface area contributed by atoms with Gasteiger partial charge in [0.05, 0.1) is 5.69 Å². The van der Waals surface area contributed by atoms with E-state index in [2.05, 4.69) is 41.5 Å². The molecule has 0 aliphatic rings. The normalized spacial score (nSPS) is 10.8. The summed E-state index contributed by atoms with van der Waals surface area (Å²) in [5, 5.41) is 3.18. The Morgan fingerprint density at radius 3 is 2.55 bits per heavy atom. The number of nitrogens with zero attached hydrogens (tertiary/aromatic N) is 1. The van der Waals surface area contributed by atoms with E-state index in [-0.39, 0.29) is 0 Å². The lowest BCUT2D eigenvalue weighted by molar-refractivity contribution is 0.614. The lowest BCUT2D eigenvalue weighted by Crippen LogP contribution is -1.99. The Morgan fingerprint density at radius 2 is 1.85 bits per heavy atom. The first-order valence-electron chi connectivity index (χ1n) is 6.73. The largest absolute Gasteiger partial charge is 0.423 e. The zero-order valence-electron chi connectivity index (χ0n) is 11.4. The average Bonchev–Trinajstić information content (AvgIpc) is 2.90. The second-order valence-corrected chi connectivity index (χ2v) is 4.74. The highest BCUT2D eigenvalue weighted by Crippen LogP contribution is 2.23. The molecule has 0 saturated carbocycles. The van der Waals surface area contributed by atoms with Crippen LogP contribution in [0.4, 0.5) is 11.7 Å². The third-order valence-corrected chi connectivity index (χ3v) is 3.33. The molecule has 0 aliphatic heterocycles. The molecule has 0 radical (unpaired) electrons. The molecule has 4 nitrogen and oxygen atoms in total. The van der Waals surface area contributed by atoms with E-state index in [9.17, 15) is 0 Å². The molecule has 0 aliphatic carbocycles. The summed E-state index contributed by atoms with van der Waals surface area (Å²) in [6.07, 6.45) is 1.05. The summed E-state index contributed by atoms with van der Waals surface area (Å²) in [4.78, 5) is 4.36. The van der Waals surface area contributed by atoms with E-state index in [1.54, 1.807) is 0 Å². The molecule has 0 saturated heterocycles. The number of aromatic nitrogens is 1. The highest BCUT2D eigenvalue weighted by molar-refractivity contribution is 5.86. The molecule has 1 heterocycles. The van der Waals surface area contributed by atoms with Gasteiger partial charge >= 0.3 is 0 Å². The second kappa shape index (κ2) is 5.25. The molecule has 20 heavy (non-hydrogen) atoms. The lowest BCUT2D eigenvalue weighted by atomic mass is 10.1. The van der Waals surface area contributed by atoms with Gasteiger partial charge in [0.1, 0.15) is 5.52 Å². The van der Waals surface area contributed by atoms with E-state index in [1.165, 1.54) is 11.1 Å². The minimum atomic E-state index is 0.498. The number of nitrogens with one attached hydrogen (secondary N) is 1. The fourth-order valence-corrected chi connectivity index (χ4v) is 2.12. The van der Waals surface area contributed by atoms with Crippen molar-refractivity contribution in [1.82, 2.24) is 4.98 Å². The van der Waals surface area contributed by atoms with Crippen LogP contribution in [-0.2, 0) is 13.0 Å². The van der Waals surface area contributed by atoms with Crippen molar-refractivity contribution in [2.24, 2.45) is 0 Å². The van der Waals surface area contributed by atoms with Crippen molar-refractivity contribution in [2.75, 3.05) is 11.1 Å². The lowest BCUT2D eigenvalue weighted by Gasteiger charge is -2.03. The minimum Gasteiger partial charge on any atom is -0.423 e. The van der Waals surface area contributed by atoms with E-state index in [1.807, 2.05) is 18.2 Å². The van der Waals surface area contributed by atoms with Crippen LogP contribution in [0.25, 0.3) is 11.1 Å². The number of nitrogen functional groups attached to an aromatic ring is 1. The fourth-order valence-electron chi connectivity index (χ4n) is 2.12. The van der Waals surface area contributed by atoms with Gasteiger partial charge in [-0.15, -0.1) is 0 Å². The summed E-state index contributed by atoms with van der Waals surface area (Å²) in [5.74, 6) is 0. The van der Waals surface area contributed by atoms with Crippen LogP contribution >= 0.6 is 0 Å². The van der Waals surface area contributed by atoms with Gasteiger partial charge in [0.15, 0.2) is 5.58 Å². The number of rotatable bonds is 4. The van der Waals surface area contributed by atoms with Gasteiger partial charge in [-0.05, 0) is 29.7 Å². The van der Waals surface area contributed by atoms with Crippen LogP contribution in [0.2, 0.25) is 0 Å². The minimum absolute atomic E-state index is 0.498. The van der Waals surface area contributed by atoms with Gasteiger partial charge in [0, 0.05) is 6.54 Å². The molecule has 3 rings (SSSR count). The molecular formula is C16H17N3O. The van der Waals surface area contributed by atoms with Crippen LogP contribution in [0.3, 0.4) is 0 Å². The van der Waals surface area contributed by atoms with Crippen LogP contribution in [0.1, 0.15) is 18.1 Å². The van der Waals surface area contributed by atoms with Crippen LogP contribution in [0, 0.1) is 0 Å². The molecule has 0 atom stereocenters. The maximum Gasteiger partial charge on any atom is 0.296 e. The number of benzene rings is 2. The van der Waals surface area contributed by atoms with Crippen molar-refractivity contribution < 1.29 is 4.42 Å². The maximum atomic E-state index is 5.86. The molecule has 2 aromatic carbocycles. The molecule has 3 aromatic rings. The van der Waals surface area contributed by atoms with Gasteiger partial charge in [0.25, 0.3) is 6.01 Å². The van der Waals surface area contributed by atoms with Crippen molar-refractivity contribution >= 4 is 22.8 Å². The molecule has 102 valence electrons. The van der Waals surface area contributed by atoms with Gasteiger partial charge < -0.3 is 15.5 Å². The Kier molecular flexibility index (Phi) is 3.29. The predicted octanol–water partition coefficient (Wildman–Crippen LogP) is 3.58. The monoisotopic (exact) mass is 267 g/mol. The number of oxazole rings is 1. The fraction of sp³-hybridized carbons (Fsp3) is 0.188. The van der Waals surface area contributed by atoms with E-state index in [4.69, 9.17) is 10.2 Å². The maximum absolute atomic E-state index is 5.86. The number of para-hydroxylation sites is 1. The topological polar surface area (TPSA) is 64.1 Å². The molecule has 0 spiro atoms. The Balaban J connectivity index is 1.74. The first kappa shape index (κ1) is 12.5. The zero-order valence-corrected chi connectivity index (χ0v) is 11.4. The summed E-state index contributed by atoms with van der Waals surface area (Å²) in [5.41, 5.74) is 10.4. The number of anilines is 2. The van der Waals surface area contributed by atoms with Crippen LogP contribution in [0.5, 0.6) is 0 Å². The number of nitrogens with two attached hydrogens (primary N) is 1. The van der Waals surface area contributed by atoms with Crippen molar-refractivity contribution in [3.05, 3.63) is 53.6 Å². The summed E-state index contributed by atoms with van der Waals surface area (Å²) >= 11 is 0.